The molecule has 0 aliphatic carbocycles. The summed E-state index contributed by atoms with van der Waals surface area (Å²) in [5.41, 5.74) is 1.56. The minimum atomic E-state index is -3.90. The standard InChI is InChI=1S/C20H21FN4O3S/c21-17-5-1-2-6-18(17)29(27,28)25-11-8-15(9-12-25)20(26)22-13-16-14-24-10-4-3-7-19(24)23-16/h1-7,10,14-15H,8-9,11-13H2,(H,22,26). The average Bonchev–Trinajstić information content (AvgIpc) is 3.15. The number of nitrogens with zero attached hydrogens (tertiary/aromatic N) is 3. The Balaban J connectivity index is 1.34. The first kappa shape index (κ1) is 19.5. The highest BCUT2D eigenvalue weighted by Crippen LogP contribution is 2.25. The fourth-order valence-electron chi connectivity index (χ4n) is 3.55. The summed E-state index contributed by atoms with van der Waals surface area (Å²) in [4.78, 5) is 16.6. The van der Waals surface area contributed by atoms with Crippen molar-refractivity contribution < 1.29 is 17.6 Å². The summed E-state index contributed by atoms with van der Waals surface area (Å²) in [6.07, 6.45) is 4.54. The average molecular weight is 416 g/mol. The molecule has 0 unspecified atom stereocenters. The van der Waals surface area contributed by atoms with E-state index in [-0.39, 0.29) is 29.8 Å². The second-order valence-corrected chi connectivity index (χ2v) is 8.93. The first-order chi connectivity index (χ1) is 13.9. The highest BCUT2D eigenvalue weighted by atomic mass is 32.2. The molecule has 1 N–H and O–H groups in total. The maximum absolute atomic E-state index is 13.9. The van der Waals surface area contributed by atoms with E-state index in [0.717, 1.165) is 17.4 Å². The third kappa shape index (κ3) is 4.01. The summed E-state index contributed by atoms with van der Waals surface area (Å²) >= 11 is 0. The molecule has 1 fully saturated rings. The monoisotopic (exact) mass is 416 g/mol. The van der Waals surface area contributed by atoms with Crippen molar-refractivity contribution in [2.75, 3.05) is 13.1 Å². The molecule has 0 saturated carbocycles. The van der Waals surface area contributed by atoms with Crippen molar-refractivity contribution in [2.45, 2.75) is 24.3 Å². The lowest BCUT2D eigenvalue weighted by Gasteiger charge is -2.30. The van der Waals surface area contributed by atoms with Crippen LogP contribution in [0.2, 0.25) is 0 Å². The second-order valence-electron chi connectivity index (χ2n) is 7.02. The number of nitrogens with one attached hydrogen (secondary N) is 1. The number of hydrogen-bond donors (Lipinski definition) is 1. The van der Waals surface area contributed by atoms with Crippen molar-refractivity contribution in [1.29, 1.82) is 0 Å². The van der Waals surface area contributed by atoms with E-state index in [2.05, 4.69) is 10.3 Å². The number of rotatable bonds is 5. The summed E-state index contributed by atoms with van der Waals surface area (Å²) in [7, 11) is -3.90. The Morgan fingerprint density at radius 2 is 1.86 bits per heavy atom. The number of carbonyl (C=O) groups excluding carboxylic acids is 1. The fraction of sp³-hybridized carbons (Fsp3) is 0.300. The van der Waals surface area contributed by atoms with Crippen LogP contribution in [0.15, 0.2) is 59.8 Å². The van der Waals surface area contributed by atoms with Gasteiger partial charge in [-0.05, 0) is 37.1 Å². The number of amides is 1. The molecule has 0 radical (unpaired) electrons. The van der Waals surface area contributed by atoms with Crippen LogP contribution in [0.25, 0.3) is 5.65 Å². The molecule has 1 aliphatic rings. The van der Waals surface area contributed by atoms with Gasteiger partial charge in [-0.1, -0.05) is 18.2 Å². The summed E-state index contributed by atoms with van der Waals surface area (Å²) in [6, 6.07) is 11.0. The molecule has 1 saturated heterocycles. The Bertz CT molecular complexity index is 1100. The van der Waals surface area contributed by atoms with E-state index >= 15 is 0 Å². The lowest BCUT2D eigenvalue weighted by atomic mass is 9.97. The molecular weight excluding hydrogens is 395 g/mol. The highest BCUT2D eigenvalue weighted by molar-refractivity contribution is 7.89. The SMILES string of the molecule is O=C(NCc1cn2ccccc2n1)C1CCN(S(=O)(=O)c2ccccc2F)CC1. The molecule has 0 atom stereocenters. The molecule has 29 heavy (non-hydrogen) atoms. The van der Waals surface area contributed by atoms with E-state index in [9.17, 15) is 17.6 Å². The van der Waals surface area contributed by atoms with Gasteiger partial charge < -0.3 is 9.72 Å². The minimum absolute atomic E-state index is 0.120. The van der Waals surface area contributed by atoms with Crippen LogP contribution in [-0.4, -0.2) is 41.1 Å². The van der Waals surface area contributed by atoms with Crippen molar-refractivity contribution in [3.63, 3.8) is 0 Å². The van der Waals surface area contributed by atoms with E-state index < -0.39 is 15.8 Å². The third-order valence-electron chi connectivity index (χ3n) is 5.14. The van der Waals surface area contributed by atoms with E-state index in [4.69, 9.17) is 0 Å². The molecule has 9 heteroatoms. The van der Waals surface area contributed by atoms with Gasteiger partial charge in [0, 0.05) is 31.4 Å². The van der Waals surface area contributed by atoms with Gasteiger partial charge in [-0.15, -0.1) is 0 Å². The molecule has 1 aliphatic heterocycles. The summed E-state index contributed by atoms with van der Waals surface area (Å²) in [6.45, 7) is 0.681. The molecule has 1 amide bonds. The summed E-state index contributed by atoms with van der Waals surface area (Å²) in [5.74, 6) is -1.16. The van der Waals surface area contributed by atoms with E-state index in [1.165, 1.54) is 22.5 Å². The number of imidazole rings is 1. The molecule has 152 valence electrons. The number of halogens is 1. The first-order valence-electron chi connectivity index (χ1n) is 9.40. The Morgan fingerprint density at radius 1 is 1.14 bits per heavy atom. The number of fused-ring (bicyclic) bond motifs is 1. The number of benzene rings is 1. The Hall–Kier alpha value is -2.78. The van der Waals surface area contributed by atoms with Crippen LogP contribution >= 0.6 is 0 Å². The lowest BCUT2D eigenvalue weighted by molar-refractivity contribution is -0.126. The van der Waals surface area contributed by atoms with Gasteiger partial charge >= 0.3 is 0 Å². The van der Waals surface area contributed by atoms with Gasteiger partial charge in [0.2, 0.25) is 15.9 Å². The fourth-order valence-corrected chi connectivity index (χ4v) is 5.08. The second kappa shape index (κ2) is 7.92. The van der Waals surface area contributed by atoms with Crippen molar-refractivity contribution >= 4 is 21.6 Å². The minimum Gasteiger partial charge on any atom is -0.350 e. The van der Waals surface area contributed by atoms with Crippen LogP contribution in [0.3, 0.4) is 0 Å². The predicted octanol–water partition coefficient (Wildman–Crippen LogP) is 2.19. The van der Waals surface area contributed by atoms with Crippen LogP contribution < -0.4 is 5.32 Å². The molecule has 7 nitrogen and oxygen atoms in total. The van der Waals surface area contributed by atoms with Gasteiger partial charge in [0.25, 0.3) is 0 Å². The number of pyridine rings is 1. The number of aromatic nitrogens is 2. The van der Waals surface area contributed by atoms with Gasteiger partial charge in [0.15, 0.2) is 0 Å². The molecule has 4 rings (SSSR count). The zero-order valence-corrected chi connectivity index (χ0v) is 16.5. The Kier molecular flexibility index (Phi) is 5.33. The molecule has 2 aromatic heterocycles. The van der Waals surface area contributed by atoms with Gasteiger partial charge in [-0.2, -0.15) is 4.31 Å². The molecule has 1 aromatic carbocycles. The maximum atomic E-state index is 13.9. The van der Waals surface area contributed by atoms with Gasteiger partial charge in [-0.25, -0.2) is 17.8 Å². The Morgan fingerprint density at radius 3 is 2.59 bits per heavy atom. The third-order valence-corrected chi connectivity index (χ3v) is 7.07. The summed E-state index contributed by atoms with van der Waals surface area (Å²) < 4.78 is 42.3. The van der Waals surface area contributed by atoms with Crippen LogP contribution in [0.1, 0.15) is 18.5 Å². The molecular formula is C20H21FN4O3S. The number of piperidine rings is 1. The normalized spacial score (nSPS) is 16.2. The first-order valence-corrected chi connectivity index (χ1v) is 10.8. The summed E-state index contributed by atoms with van der Waals surface area (Å²) in [5, 5.41) is 2.88. The maximum Gasteiger partial charge on any atom is 0.245 e. The van der Waals surface area contributed by atoms with Crippen molar-refractivity contribution in [1.82, 2.24) is 19.0 Å². The molecule has 0 bridgehead atoms. The van der Waals surface area contributed by atoms with Gasteiger partial charge in [0.05, 0.1) is 12.2 Å². The predicted molar refractivity (Wildman–Crippen MR) is 105 cm³/mol. The number of sulfonamides is 1. The molecule has 0 spiro atoms. The van der Waals surface area contributed by atoms with Crippen molar-refractivity contribution in [3.8, 4) is 0 Å². The van der Waals surface area contributed by atoms with Crippen LogP contribution in [0.4, 0.5) is 4.39 Å². The number of hydrogen-bond acceptors (Lipinski definition) is 4. The van der Waals surface area contributed by atoms with Crippen molar-refractivity contribution in [2.24, 2.45) is 5.92 Å². The van der Waals surface area contributed by atoms with E-state index in [1.54, 1.807) is 0 Å². The van der Waals surface area contributed by atoms with Crippen LogP contribution in [0, 0.1) is 11.7 Å². The molecule has 3 aromatic rings. The van der Waals surface area contributed by atoms with Crippen LogP contribution in [0.5, 0.6) is 0 Å². The van der Waals surface area contributed by atoms with Crippen molar-refractivity contribution in [3.05, 3.63) is 66.4 Å². The van der Waals surface area contributed by atoms with Gasteiger partial charge in [0.1, 0.15) is 16.4 Å². The van der Waals surface area contributed by atoms with Crippen LogP contribution in [-0.2, 0) is 21.4 Å². The smallest absolute Gasteiger partial charge is 0.245 e. The zero-order valence-electron chi connectivity index (χ0n) is 15.7. The zero-order chi connectivity index (χ0) is 20.4. The quantitative estimate of drug-likeness (QED) is 0.691. The number of carbonyl (C=O) groups is 1. The van der Waals surface area contributed by atoms with Gasteiger partial charge in [-0.3, -0.25) is 4.79 Å². The molecule has 3 heterocycles. The lowest BCUT2D eigenvalue weighted by Crippen LogP contribution is -2.43. The highest BCUT2D eigenvalue weighted by Gasteiger charge is 2.33. The van der Waals surface area contributed by atoms with E-state index in [1.807, 2.05) is 35.0 Å². The van der Waals surface area contributed by atoms with E-state index in [0.29, 0.717) is 19.4 Å². The topological polar surface area (TPSA) is 83.8 Å². The Labute approximate surface area is 168 Å². The largest absolute Gasteiger partial charge is 0.350 e.